The molecule has 0 spiro atoms. The number of amidine groups is 1. The molecule has 4 N–H and O–H groups in total. The number of nitro groups is 1. The molecule has 0 bridgehead atoms. The lowest BCUT2D eigenvalue weighted by Crippen LogP contribution is -2.22. The van der Waals surface area contributed by atoms with E-state index in [0.29, 0.717) is 10.8 Å². The van der Waals surface area contributed by atoms with Crippen molar-refractivity contribution in [3.05, 3.63) is 39.7 Å². The number of aromatic nitrogens is 1. The van der Waals surface area contributed by atoms with Gasteiger partial charge in [0.1, 0.15) is 11.8 Å². The molecule has 22 heavy (non-hydrogen) atoms. The Kier molecular flexibility index (Phi) is 4.15. The Morgan fingerprint density at radius 3 is 2.91 bits per heavy atom. The number of anilines is 1. The first kappa shape index (κ1) is 15.1. The van der Waals surface area contributed by atoms with Crippen molar-refractivity contribution >= 4 is 45.3 Å². The molecule has 1 heterocycles. The molecule has 0 saturated carbocycles. The van der Waals surface area contributed by atoms with Gasteiger partial charge >= 0.3 is 0 Å². The smallest absolute Gasteiger partial charge is 0.296 e. The summed E-state index contributed by atoms with van der Waals surface area (Å²) in [4.78, 5) is 14.4. The van der Waals surface area contributed by atoms with Crippen LogP contribution < -0.4 is 11.2 Å². The number of benzene rings is 1. The largest absolute Gasteiger partial charge is 0.382 e. The van der Waals surface area contributed by atoms with E-state index in [1.807, 2.05) is 0 Å². The van der Waals surface area contributed by atoms with Crippen LogP contribution in [-0.2, 0) is 0 Å². The number of hydrazone groups is 1. The quantitative estimate of drug-likeness (QED) is 0.339. The van der Waals surface area contributed by atoms with Gasteiger partial charge < -0.3 is 5.73 Å². The van der Waals surface area contributed by atoms with Crippen molar-refractivity contribution in [1.82, 2.24) is 4.98 Å². The first-order chi connectivity index (χ1) is 10.5. The van der Waals surface area contributed by atoms with Gasteiger partial charge in [0.15, 0.2) is 5.84 Å². The van der Waals surface area contributed by atoms with Crippen molar-refractivity contribution in [2.75, 3.05) is 5.43 Å². The zero-order valence-corrected chi connectivity index (χ0v) is 11.6. The molecule has 0 amide bonds. The number of pyridine rings is 1. The molecule has 2 rings (SSSR count). The molecule has 1 aromatic heterocycles. The molecule has 10 heteroatoms. The minimum absolute atomic E-state index is 0.00602. The third kappa shape index (κ3) is 2.77. The number of hydrogen-bond donors (Lipinski definition) is 3. The Labute approximate surface area is 128 Å². The Hall–Kier alpha value is -3.25. The second-order valence-corrected chi connectivity index (χ2v) is 4.44. The van der Waals surface area contributed by atoms with E-state index in [-0.39, 0.29) is 16.4 Å². The zero-order chi connectivity index (χ0) is 16.3. The molecule has 0 fully saturated rings. The minimum atomic E-state index is -0.643. The van der Waals surface area contributed by atoms with E-state index < -0.39 is 16.5 Å². The number of halogens is 1. The van der Waals surface area contributed by atoms with Gasteiger partial charge in [-0.05, 0) is 6.07 Å². The third-order valence-corrected chi connectivity index (χ3v) is 3.02. The van der Waals surface area contributed by atoms with Gasteiger partial charge in [-0.3, -0.25) is 25.9 Å². The second kappa shape index (κ2) is 6.02. The maximum absolute atomic E-state index is 11.2. The Morgan fingerprint density at radius 2 is 2.32 bits per heavy atom. The Bertz CT molecular complexity index is 856. The fourth-order valence-electron chi connectivity index (χ4n) is 1.73. The molecule has 0 aliphatic heterocycles. The highest BCUT2D eigenvalue weighted by Crippen LogP contribution is 2.37. The van der Waals surface area contributed by atoms with E-state index in [9.17, 15) is 10.1 Å². The van der Waals surface area contributed by atoms with Crippen LogP contribution in [0, 0.1) is 26.9 Å². The summed E-state index contributed by atoms with van der Waals surface area (Å²) in [6.45, 7) is 0. The van der Waals surface area contributed by atoms with Crippen molar-refractivity contribution < 1.29 is 4.92 Å². The summed E-state index contributed by atoms with van der Waals surface area (Å²) in [6, 6.07) is 4.36. The zero-order valence-electron chi connectivity index (χ0n) is 10.9. The lowest BCUT2D eigenvalue weighted by Gasteiger charge is -2.08. The molecule has 0 aliphatic carbocycles. The third-order valence-electron chi connectivity index (χ3n) is 2.70. The Balaban J connectivity index is 2.68. The number of nitrogens with one attached hydrogen (secondary N) is 2. The van der Waals surface area contributed by atoms with Gasteiger partial charge in [0.25, 0.3) is 5.69 Å². The van der Waals surface area contributed by atoms with Crippen molar-refractivity contribution in [2.24, 2.45) is 10.8 Å². The van der Waals surface area contributed by atoms with Crippen molar-refractivity contribution in [1.29, 1.82) is 10.7 Å². The summed E-state index contributed by atoms with van der Waals surface area (Å²) in [7, 11) is 0. The van der Waals surface area contributed by atoms with E-state index in [1.54, 1.807) is 12.1 Å². The van der Waals surface area contributed by atoms with E-state index in [4.69, 9.17) is 28.0 Å². The standard InChI is InChI=1S/C12H8ClN7O2/c13-8-3-10(20(21)22)11(7-5-17-2-1-6(7)8)19-18-9(4-14)12(15)16/h1-3,5,19H,(H3,15,16)/b18-9+. The first-order valence-electron chi connectivity index (χ1n) is 5.74. The molecule has 0 unspecified atom stereocenters. The molecule has 2 aromatic rings. The SMILES string of the molecule is N#C/C(=N\Nc1c([N+](=O)[O-])cc(Cl)c2ccncc12)C(=N)N. The number of hydrogen-bond acceptors (Lipinski definition) is 7. The Morgan fingerprint density at radius 1 is 1.59 bits per heavy atom. The lowest BCUT2D eigenvalue weighted by molar-refractivity contribution is -0.383. The van der Waals surface area contributed by atoms with Crippen LogP contribution in [-0.4, -0.2) is 21.5 Å². The summed E-state index contributed by atoms with van der Waals surface area (Å²) in [5.74, 6) is -0.561. The predicted molar refractivity (Wildman–Crippen MR) is 82.0 cm³/mol. The monoisotopic (exact) mass is 317 g/mol. The van der Waals surface area contributed by atoms with Crippen molar-refractivity contribution in [3.8, 4) is 6.07 Å². The van der Waals surface area contributed by atoms with Crippen LogP contribution in [0.25, 0.3) is 10.8 Å². The molecule has 0 atom stereocenters. The van der Waals surface area contributed by atoms with Crippen LogP contribution in [0.15, 0.2) is 29.6 Å². The number of nitrogens with zero attached hydrogens (tertiary/aromatic N) is 4. The average molecular weight is 318 g/mol. The normalized spacial score (nSPS) is 11.0. The van der Waals surface area contributed by atoms with Gasteiger partial charge in [-0.1, -0.05) is 11.6 Å². The van der Waals surface area contributed by atoms with Gasteiger partial charge in [-0.15, -0.1) is 0 Å². The van der Waals surface area contributed by atoms with E-state index in [0.717, 1.165) is 0 Å². The first-order valence-corrected chi connectivity index (χ1v) is 6.12. The number of fused-ring (bicyclic) bond motifs is 1. The topological polar surface area (TPSA) is 154 Å². The number of rotatable bonds is 4. The van der Waals surface area contributed by atoms with E-state index in [2.05, 4.69) is 15.5 Å². The highest BCUT2D eigenvalue weighted by molar-refractivity contribution is 6.46. The van der Waals surface area contributed by atoms with E-state index >= 15 is 0 Å². The number of nitriles is 1. The fraction of sp³-hybridized carbons (Fsp3) is 0. The summed E-state index contributed by atoms with van der Waals surface area (Å²) in [5.41, 5.74) is 6.84. The molecular formula is C12H8ClN7O2. The molecular weight excluding hydrogens is 310 g/mol. The fourth-order valence-corrected chi connectivity index (χ4v) is 2.00. The molecule has 0 saturated heterocycles. The minimum Gasteiger partial charge on any atom is -0.382 e. The summed E-state index contributed by atoms with van der Waals surface area (Å²) in [5, 5.41) is 31.8. The van der Waals surface area contributed by atoms with Crippen LogP contribution in [0.3, 0.4) is 0 Å². The predicted octanol–water partition coefficient (Wildman–Crippen LogP) is 2.02. The van der Waals surface area contributed by atoms with Crippen LogP contribution in [0.2, 0.25) is 5.02 Å². The van der Waals surface area contributed by atoms with E-state index in [1.165, 1.54) is 18.5 Å². The number of nitrogens with two attached hydrogens (primary N) is 1. The molecule has 110 valence electrons. The van der Waals surface area contributed by atoms with Crippen LogP contribution in [0.1, 0.15) is 0 Å². The molecule has 1 aromatic carbocycles. The van der Waals surface area contributed by atoms with Crippen molar-refractivity contribution in [3.63, 3.8) is 0 Å². The molecule has 9 nitrogen and oxygen atoms in total. The number of nitro benzene ring substituents is 1. The average Bonchev–Trinajstić information content (AvgIpc) is 2.49. The van der Waals surface area contributed by atoms with Crippen molar-refractivity contribution in [2.45, 2.75) is 0 Å². The highest BCUT2D eigenvalue weighted by Gasteiger charge is 2.20. The van der Waals surface area contributed by atoms with Crippen LogP contribution in [0.5, 0.6) is 0 Å². The lowest BCUT2D eigenvalue weighted by atomic mass is 10.1. The van der Waals surface area contributed by atoms with Gasteiger partial charge in [-0.25, -0.2) is 0 Å². The highest BCUT2D eigenvalue weighted by atomic mass is 35.5. The second-order valence-electron chi connectivity index (χ2n) is 4.03. The maximum atomic E-state index is 11.2. The molecule has 0 radical (unpaired) electrons. The van der Waals surface area contributed by atoms with Gasteiger partial charge in [0, 0.05) is 29.2 Å². The van der Waals surface area contributed by atoms with Crippen LogP contribution >= 0.6 is 11.6 Å². The summed E-state index contributed by atoms with van der Waals surface area (Å²) in [6.07, 6.45) is 2.87. The van der Waals surface area contributed by atoms with Crippen LogP contribution in [0.4, 0.5) is 11.4 Å². The maximum Gasteiger partial charge on any atom is 0.296 e. The summed E-state index contributed by atoms with van der Waals surface area (Å²) < 4.78 is 0. The van der Waals surface area contributed by atoms with Gasteiger partial charge in [-0.2, -0.15) is 10.4 Å². The molecule has 0 aliphatic rings. The van der Waals surface area contributed by atoms with Gasteiger partial charge in [0.2, 0.25) is 5.71 Å². The van der Waals surface area contributed by atoms with Gasteiger partial charge in [0.05, 0.1) is 9.95 Å². The summed E-state index contributed by atoms with van der Waals surface area (Å²) >= 11 is 6.02.